The van der Waals surface area contributed by atoms with Gasteiger partial charge in [-0.05, 0) is 44.0 Å². The number of ether oxygens (including phenoxy) is 1. The minimum atomic E-state index is 0.0810. The van der Waals surface area contributed by atoms with Crippen LogP contribution in [0.3, 0.4) is 0 Å². The van der Waals surface area contributed by atoms with Gasteiger partial charge in [0.2, 0.25) is 10.8 Å². The molecule has 26 heavy (non-hydrogen) atoms. The van der Waals surface area contributed by atoms with Gasteiger partial charge in [0, 0.05) is 11.5 Å². The van der Waals surface area contributed by atoms with E-state index in [1.54, 1.807) is 11.6 Å². The number of aromatic hydroxyl groups is 1. The van der Waals surface area contributed by atoms with Gasteiger partial charge in [-0.3, -0.25) is 0 Å². The molecule has 0 radical (unpaired) electrons. The van der Waals surface area contributed by atoms with Crippen molar-refractivity contribution in [3.8, 4) is 11.6 Å². The van der Waals surface area contributed by atoms with E-state index in [4.69, 9.17) is 4.74 Å². The van der Waals surface area contributed by atoms with E-state index in [0.717, 1.165) is 28.7 Å². The third-order valence-electron chi connectivity index (χ3n) is 5.23. The fourth-order valence-corrected chi connectivity index (χ4v) is 5.18. The highest BCUT2D eigenvalue weighted by Gasteiger charge is 2.35. The van der Waals surface area contributed by atoms with Crippen molar-refractivity contribution in [1.82, 2.24) is 14.6 Å². The maximum absolute atomic E-state index is 10.9. The number of likely N-dealkylation sites (tertiary alicyclic amines) is 1. The number of fused-ring (bicyclic) bond motifs is 1. The molecule has 2 aromatic heterocycles. The lowest BCUT2D eigenvalue weighted by Gasteiger charge is -2.34. The third-order valence-corrected chi connectivity index (χ3v) is 6.32. The number of aromatic nitrogens is 3. The summed E-state index contributed by atoms with van der Waals surface area (Å²) >= 11 is 1.54. The van der Waals surface area contributed by atoms with Crippen molar-refractivity contribution in [2.45, 2.75) is 32.7 Å². The first-order valence-corrected chi connectivity index (χ1v) is 9.92. The molecule has 7 heteroatoms. The van der Waals surface area contributed by atoms with Crippen molar-refractivity contribution in [2.75, 3.05) is 20.2 Å². The van der Waals surface area contributed by atoms with Crippen LogP contribution < -0.4 is 9.64 Å². The molecular weight excluding hydrogens is 348 g/mol. The average molecular weight is 374 g/mol. The highest BCUT2D eigenvalue weighted by molar-refractivity contribution is 7.17. The van der Waals surface area contributed by atoms with Crippen LogP contribution in [0.25, 0.3) is 4.96 Å². The third kappa shape index (κ3) is 3.05. The zero-order valence-electron chi connectivity index (χ0n) is 15.4. The lowest BCUT2D eigenvalue weighted by molar-refractivity contribution is -0.933. The Morgan fingerprint density at radius 1 is 1.35 bits per heavy atom. The standard InChI is InChI=1S/C19H24N4O2S/c1-12-5-4-10-22(11-12)16(14-6-8-15(25-3)9-7-14)17-18(24)23-19(26-17)20-13(2)21-23/h6-9,12,16,24H,4-5,10-11H2,1-3H3/p+1/t12-,16+/m0/s1. The van der Waals surface area contributed by atoms with Crippen LogP contribution in [0.5, 0.6) is 11.6 Å². The number of hydrogen-bond donors (Lipinski definition) is 2. The minimum Gasteiger partial charge on any atom is -0.497 e. The number of piperidine rings is 1. The number of hydrogen-bond acceptors (Lipinski definition) is 5. The smallest absolute Gasteiger partial charge is 0.235 e. The number of rotatable bonds is 4. The Hall–Kier alpha value is -2.12. The molecule has 1 fully saturated rings. The maximum atomic E-state index is 10.9. The molecule has 6 nitrogen and oxygen atoms in total. The fraction of sp³-hybridized carbons (Fsp3) is 0.474. The number of methoxy groups -OCH3 is 1. The van der Waals surface area contributed by atoms with Crippen LogP contribution in [-0.2, 0) is 0 Å². The monoisotopic (exact) mass is 373 g/mol. The van der Waals surface area contributed by atoms with Gasteiger partial charge in [0.05, 0.1) is 20.2 Å². The molecule has 3 atom stereocenters. The van der Waals surface area contributed by atoms with Gasteiger partial charge in [-0.25, -0.2) is 4.98 Å². The molecule has 3 heterocycles. The number of benzene rings is 1. The van der Waals surface area contributed by atoms with Crippen LogP contribution in [0.2, 0.25) is 0 Å². The highest BCUT2D eigenvalue weighted by atomic mass is 32.1. The summed E-state index contributed by atoms with van der Waals surface area (Å²) in [6.45, 7) is 6.36. The predicted molar refractivity (Wildman–Crippen MR) is 101 cm³/mol. The molecule has 138 valence electrons. The Kier molecular flexibility index (Phi) is 4.58. The first kappa shape index (κ1) is 17.3. The van der Waals surface area contributed by atoms with E-state index in [9.17, 15) is 5.11 Å². The van der Waals surface area contributed by atoms with Crippen LogP contribution in [-0.4, -0.2) is 39.9 Å². The normalized spacial score (nSPS) is 21.8. The van der Waals surface area contributed by atoms with E-state index in [1.807, 2.05) is 19.1 Å². The van der Waals surface area contributed by atoms with E-state index < -0.39 is 0 Å². The van der Waals surface area contributed by atoms with Crippen molar-refractivity contribution >= 4 is 16.3 Å². The number of thiazole rings is 1. The minimum absolute atomic E-state index is 0.0810. The van der Waals surface area contributed by atoms with E-state index >= 15 is 0 Å². The SMILES string of the molecule is COc1ccc([C@H](c2sc3nc(C)nn3c2O)[NH+]2CCC[C@H](C)C2)cc1. The molecule has 1 aromatic carbocycles. The van der Waals surface area contributed by atoms with Gasteiger partial charge >= 0.3 is 0 Å². The lowest BCUT2D eigenvalue weighted by Crippen LogP contribution is -3.13. The van der Waals surface area contributed by atoms with E-state index in [1.165, 1.54) is 34.6 Å². The summed E-state index contributed by atoms with van der Waals surface area (Å²) < 4.78 is 6.88. The second kappa shape index (κ2) is 6.89. The Balaban J connectivity index is 1.80. The molecule has 0 bridgehead atoms. The van der Waals surface area contributed by atoms with Crippen LogP contribution in [0.15, 0.2) is 24.3 Å². The Morgan fingerprint density at radius 2 is 2.12 bits per heavy atom. The molecule has 1 saturated heterocycles. The van der Waals surface area contributed by atoms with Gasteiger partial charge in [-0.1, -0.05) is 18.3 Å². The van der Waals surface area contributed by atoms with Crippen molar-refractivity contribution in [2.24, 2.45) is 5.92 Å². The number of quaternary nitrogens is 1. The van der Waals surface area contributed by atoms with Crippen LogP contribution >= 0.6 is 11.3 Å². The quantitative estimate of drug-likeness (QED) is 0.736. The Labute approximate surface area is 157 Å². The molecule has 1 aliphatic rings. The molecule has 0 aliphatic carbocycles. The van der Waals surface area contributed by atoms with Gasteiger partial charge in [0.1, 0.15) is 16.5 Å². The van der Waals surface area contributed by atoms with E-state index in [2.05, 4.69) is 29.1 Å². The van der Waals surface area contributed by atoms with E-state index in [0.29, 0.717) is 11.7 Å². The first-order chi connectivity index (χ1) is 12.6. The number of nitrogens with zero attached hydrogens (tertiary/aromatic N) is 3. The second-order valence-corrected chi connectivity index (χ2v) is 8.22. The first-order valence-electron chi connectivity index (χ1n) is 9.10. The molecule has 0 amide bonds. The van der Waals surface area contributed by atoms with Gasteiger partial charge in [0.25, 0.3) is 0 Å². The summed E-state index contributed by atoms with van der Waals surface area (Å²) in [7, 11) is 1.68. The maximum Gasteiger partial charge on any atom is 0.235 e. The summed E-state index contributed by atoms with van der Waals surface area (Å²) in [4.78, 5) is 7.62. The summed E-state index contributed by atoms with van der Waals surface area (Å²) in [5.41, 5.74) is 1.19. The molecule has 0 saturated carbocycles. The topological polar surface area (TPSA) is 64.1 Å². The van der Waals surface area contributed by atoms with Gasteiger partial charge in [-0.2, -0.15) is 4.52 Å². The van der Waals surface area contributed by atoms with Gasteiger partial charge in [-0.15, -0.1) is 5.10 Å². The predicted octanol–water partition coefficient (Wildman–Crippen LogP) is 2.22. The van der Waals surface area contributed by atoms with Crippen molar-refractivity contribution in [3.63, 3.8) is 0 Å². The van der Waals surface area contributed by atoms with Gasteiger partial charge < -0.3 is 14.7 Å². The van der Waals surface area contributed by atoms with Crippen LogP contribution in [0.4, 0.5) is 0 Å². The Morgan fingerprint density at radius 3 is 2.77 bits per heavy atom. The second-order valence-electron chi connectivity index (χ2n) is 7.21. The van der Waals surface area contributed by atoms with Crippen molar-refractivity contribution < 1.29 is 14.7 Å². The largest absolute Gasteiger partial charge is 0.497 e. The molecule has 1 unspecified atom stereocenters. The summed E-state index contributed by atoms with van der Waals surface area (Å²) in [6, 6.07) is 8.28. The highest BCUT2D eigenvalue weighted by Crippen LogP contribution is 2.35. The molecule has 3 aromatic rings. The fourth-order valence-electron chi connectivity index (χ4n) is 4.00. The molecule has 2 N–H and O–H groups in total. The van der Waals surface area contributed by atoms with Crippen molar-refractivity contribution in [3.05, 3.63) is 40.5 Å². The zero-order valence-corrected chi connectivity index (χ0v) is 16.2. The number of nitrogens with one attached hydrogen (secondary N) is 1. The average Bonchev–Trinajstić information content (AvgIpc) is 3.14. The Bertz CT molecular complexity index is 902. The molecular formula is C19H25N4O2S+. The molecule has 4 rings (SSSR count). The van der Waals surface area contributed by atoms with Gasteiger partial charge in [0.15, 0.2) is 6.04 Å². The summed E-state index contributed by atoms with van der Waals surface area (Å²) in [6.07, 6.45) is 2.49. The molecule has 0 spiro atoms. The van der Waals surface area contributed by atoms with Crippen LogP contribution in [0, 0.1) is 12.8 Å². The number of aryl methyl sites for hydroxylation is 1. The molecule has 1 aliphatic heterocycles. The van der Waals surface area contributed by atoms with Crippen LogP contribution in [0.1, 0.15) is 42.1 Å². The summed E-state index contributed by atoms with van der Waals surface area (Å²) in [5.74, 6) is 2.43. The van der Waals surface area contributed by atoms with Crippen molar-refractivity contribution in [1.29, 1.82) is 0 Å². The zero-order chi connectivity index (χ0) is 18.3. The van der Waals surface area contributed by atoms with E-state index in [-0.39, 0.29) is 11.9 Å². The summed E-state index contributed by atoms with van der Waals surface area (Å²) in [5, 5.41) is 15.2. The lowest BCUT2D eigenvalue weighted by atomic mass is 9.95.